The number of cyclic esters (lactones) is 1. The number of anilines is 2. The highest BCUT2D eigenvalue weighted by molar-refractivity contribution is 5.88. The van der Waals surface area contributed by atoms with Crippen LogP contribution in [0.4, 0.5) is 29.9 Å². The second-order valence-electron chi connectivity index (χ2n) is 8.07. The van der Waals surface area contributed by atoms with Crippen molar-refractivity contribution >= 4 is 18.0 Å². The molecule has 0 radical (unpaired) electrons. The van der Waals surface area contributed by atoms with Gasteiger partial charge in [-0.2, -0.15) is 15.0 Å². The first-order chi connectivity index (χ1) is 17.1. The van der Waals surface area contributed by atoms with Crippen molar-refractivity contribution in [1.82, 2.24) is 15.0 Å². The van der Waals surface area contributed by atoms with Gasteiger partial charge >= 0.3 is 12.5 Å². The van der Waals surface area contributed by atoms with Crippen molar-refractivity contribution in [1.29, 1.82) is 0 Å². The Hall–Kier alpha value is -4.09. The van der Waals surface area contributed by atoms with E-state index >= 15 is 0 Å². The lowest BCUT2D eigenvalue weighted by molar-refractivity contribution is -0.274. The molecule has 0 spiro atoms. The van der Waals surface area contributed by atoms with E-state index in [1.165, 1.54) is 29.2 Å². The molecule has 36 heavy (non-hydrogen) atoms. The number of alkyl halides is 3. The summed E-state index contributed by atoms with van der Waals surface area (Å²) in [6.45, 7) is 5.89. The summed E-state index contributed by atoms with van der Waals surface area (Å²) < 4.78 is 51.6. The Bertz CT molecular complexity index is 1210. The predicted octanol–water partition coefficient (Wildman–Crippen LogP) is 5.78. The minimum atomic E-state index is -4.75. The number of rotatable bonds is 8. The van der Waals surface area contributed by atoms with E-state index in [2.05, 4.69) is 25.0 Å². The molecule has 9 nitrogen and oxygen atoms in total. The van der Waals surface area contributed by atoms with Crippen LogP contribution in [0.2, 0.25) is 0 Å². The Labute approximate surface area is 205 Å². The number of carbonyl (C=O) groups is 1. The van der Waals surface area contributed by atoms with E-state index in [0.29, 0.717) is 36.3 Å². The van der Waals surface area contributed by atoms with Gasteiger partial charge in [0, 0.05) is 0 Å². The van der Waals surface area contributed by atoms with Crippen LogP contribution in [0.15, 0.2) is 48.5 Å². The molecular formula is C24H24F3N5O4. The maximum atomic E-state index is 12.3. The van der Waals surface area contributed by atoms with Crippen molar-refractivity contribution < 1.29 is 32.2 Å². The van der Waals surface area contributed by atoms with Crippen molar-refractivity contribution in [2.75, 3.05) is 16.8 Å². The van der Waals surface area contributed by atoms with Crippen molar-refractivity contribution in [2.24, 2.45) is 0 Å². The van der Waals surface area contributed by atoms with Crippen LogP contribution in [0.25, 0.3) is 0 Å². The number of nitrogens with one attached hydrogen (secondary N) is 1. The molecule has 1 aliphatic rings. The van der Waals surface area contributed by atoms with Crippen molar-refractivity contribution in [3.05, 3.63) is 59.9 Å². The average Bonchev–Trinajstić information content (AvgIpc) is 3.20. The van der Waals surface area contributed by atoms with Gasteiger partial charge in [0.05, 0.1) is 12.1 Å². The number of aromatic nitrogens is 3. The molecule has 1 aliphatic heterocycles. The van der Waals surface area contributed by atoms with Crippen molar-refractivity contribution in [3.63, 3.8) is 0 Å². The Balaban J connectivity index is 1.41. The maximum absolute atomic E-state index is 12.3. The minimum Gasteiger partial charge on any atom is -0.457 e. The predicted molar refractivity (Wildman–Crippen MR) is 124 cm³/mol. The highest BCUT2D eigenvalue weighted by atomic mass is 19.4. The Morgan fingerprint density at radius 2 is 1.67 bits per heavy atom. The van der Waals surface area contributed by atoms with Crippen LogP contribution >= 0.6 is 0 Å². The third-order valence-corrected chi connectivity index (χ3v) is 5.40. The summed E-state index contributed by atoms with van der Waals surface area (Å²) in [5.74, 6) is 1.56. The summed E-state index contributed by atoms with van der Waals surface area (Å²) >= 11 is 0. The molecule has 190 valence electrons. The summed E-state index contributed by atoms with van der Waals surface area (Å²) in [5.41, 5.74) is 0.905. The average molecular weight is 503 g/mol. The molecule has 1 aromatic heterocycles. The van der Waals surface area contributed by atoms with Gasteiger partial charge in [-0.1, -0.05) is 19.1 Å². The van der Waals surface area contributed by atoms with Crippen LogP contribution in [0.1, 0.15) is 37.7 Å². The molecule has 2 atom stereocenters. The van der Waals surface area contributed by atoms with E-state index in [4.69, 9.17) is 9.47 Å². The minimum absolute atomic E-state index is 0.134. The number of aryl methyl sites for hydroxylation is 1. The van der Waals surface area contributed by atoms with E-state index in [-0.39, 0.29) is 23.8 Å². The number of amides is 1. The SMILES string of the molecule is CC[C@H]1COC(=O)N1c1nc(C)nc(N[C@@H](C)c2ccc(Oc3ccc(OC(F)(F)F)cc3)cc2)n1. The molecule has 3 aromatic rings. The molecule has 0 saturated carbocycles. The van der Waals surface area contributed by atoms with Crippen molar-refractivity contribution in [2.45, 2.75) is 45.6 Å². The number of hydrogen-bond donors (Lipinski definition) is 1. The summed E-state index contributed by atoms with van der Waals surface area (Å²) in [5, 5.41) is 3.22. The lowest BCUT2D eigenvalue weighted by Gasteiger charge is -2.20. The second kappa shape index (κ2) is 10.3. The maximum Gasteiger partial charge on any atom is 0.573 e. The topological polar surface area (TPSA) is 98.7 Å². The number of benzene rings is 2. The van der Waals surface area contributed by atoms with E-state index in [9.17, 15) is 18.0 Å². The molecule has 4 rings (SSSR count). The normalized spacial score (nSPS) is 16.4. The molecule has 0 unspecified atom stereocenters. The highest BCUT2D eigenvalue weighted by Gasteiger charge is 2.35. The van der Waals surface area contributed by atoms with E-state index in [1.54, 1.807) is 19.1 Å². The van der Waals surface area contributed by atoms with Crippen LogP contribution in [-0.2, 0) is 4.74 Å². The third-order valence-electron chi connectivity index (χ3n) is 5.40. The first-order valence-corrected chi connectivity index (χ1v) is 11.2. The van der Waals surface area contributed by atoms with Gasteiger partial charge in [0.2, 0.25) is 11.9 Å². The Kier molecular flexibility index (Phi) is 7.13. The summed E-state index contributed by atoms with van der Waals surface area (Å²) in [4.78, 5) is 26.7. The first kappa shape index (κ1) is 25.0. The zero-order chi connectivity index (χ0) is 25.9. The van der Waals surface area contributed by atoms with Gasteiger partial charge in [0.1, 0.15) is 29.7 Å². The van der Waals surface area contributed by atoms with Gasteiger partial charge < -0.3 is 19.5 Å². The van der Waals surface area contributed by atoms with Crippen molar-refractivity contribution in [3.8, 4) is 17.2 Å². The Morgan fingerprint density at radius 1 is 1.06 bits per heavy atom. The molecule has 1 N–H and O–H groups in total. The van der Waals surface area contributed by atoms with Gasteiger partial charge in [-0.05, 0) is 62.2 Å². The van der Waals surface area contributed by atoms with Crippen LogP contribution < -0.4 is 19.7 Å². The lowest BCUT2D eigenvalue weighted by Crippen LogP contribution is -2.34. The fraction of sp³-hybridized carbons (Fsp3) is 0.333. The quantitative estimate of drug-likeness (QED) is 0.413. The first-order valence-electron chi connectivity index (χ1n) is 11.2. The smallest absolute Gasteiger partial charge is 0.457 e. The largest absolute Gasteiger partial charge is 0.573 e. The number of carbonyl (C=O) groups excluding carboxylic acids is 1. The molecule has 2 aromatic carbocycles. The van der Waals surface area contributed by atoms with Gasteiger partial charge in [0.15, 0.2) is 0 Å². The van der Waals surface area contributed by atoms with Crippen LogP contribution in [0.5, 0.6) is 17.2 Å². The zero-order valence-electron chi connectivity index (χ0n) is 19.7. The van der Waals surface area contributed by atoms with Crippen LogP contribution in [-0.4, -0.2) is 40.1 Å². The van der Waals surface area contributed by atoms with E-state index in [1.807, 2.05) is 26.0 Å². The van der Waals surface area contributed by atoms with Gasteiger partial charge in [-0.25, -0.2) is 9.69 Å². The van der Waals surface area contributed by atoms with Crippen LogP contribution in [0, 0.1) is 6.92 Å². The fourth-order valence-electron chi connectivity index (χ4n) is 3.59. The molecule has 2 heterocycles. The molecular weight excluding hydrogens is 479 g/mol. The molecule has 1 saturated heterocycles. The molecule has 12 heteroatoms. The summed E-state index contributed by atoms with van der Waals surface area (Å²) in [7, 11) is 0. The van der Waals surface area contributed by atoms with E-state index < -0.39 is 12.5 Å². The lowest BCUT2D eigenvalue weighted by atomic mass is 10.1. The molecule has 0 aliphatic carbocycles. The monoisotopic (exact) mass is 503 g/mol. The van der Waals surface area contributed by atoms with Gasteiger partial charge in [-0.3, -0.25) is 0 Å². The summed E-state index contributed by atoms with van der Waals surface area (Å²) in [6, 6.07) is 12.0. The van der Waals surface area contributed by atoms with Gasteiger partial charge in [0.25, 0.3) is 0 Å². The van der Waals surface area contributed by atoms with Gasteiger partial charge in [-0.15, -0.1) is 13.2 Å². The number of nitrogens with zero attached hydrogens (tertiary/aromatic N) is 4. The van der Waals surface area contributed by atoms with Crippen LogP contribution in [0.3, 0.4) is 0 Å². The molecule has 1 amide bonds. The number of halogens is 3. The van der Waals surface area contributed by atoms with E-state index in [0.717, 1.165) is 5.56 Å². The third kappa shape index (κ3) is 6.12. The molecule has 0 bridgehead atoms. The standard InChI is InChI=1S/C24H24F3N5O4/c1-4-17-13-34-23(33)32(17)22-30-15(3)29-21(31-22)28-14(2)16-5-7-18(8-6-16)35-19-9-11-20(12-10-19)36-24(25,26)27/h5-12,14,17H,4,13H2,1-3H3,(H,28,29,30,31)/t14-,17-/m0/s1. The number of ether oxygens (including phenoxy) is 3. The summed E-state index contributed by atoms with van der Waals surface area (Å²) in [6.07, 6.45) is -4.53. The molecule has 1 fully saturated rings. The zero-order valence-corrected chi connectivity index (χ0v) is 19.7. The highest BCUT2D eigenvalue weighted by Crippen LogP contribution is 2.29. The number of hydrogen-bond acceptors (Lipinski definition) is 8. The fourth-order valence-corrected chi connectivity index (χ4v) is 3.59. The Morgan fingerprint density at radius 3 is 2.28 bits per heavy atom. The second-order valence-corrected chi connectivity index (χ2v) is 8.07.